The van der Waals surface area contributed by atoms with E-state index in [1.165, 1.54) is 0 Å². The van der Waals surface area contributed by atoms with Crippen LogP contribution in [0.5, 0.6) is 0 Å². The number of rotatable bonds is 5. The molecule has 2 heterocycles. The third kappa shape index (κ3) is 4.42. The van der Waals surface area contributed by atoms with E-state index in [0.717, 1.165) is 6.54 Å². The minimum atomic E-state index is -2.86. The number of hydrogen-bond donors (Lipinski definition) is 2. The Bertz CT molecular complexity index is 575. The zero-order valence-corrected chi connectivity index (χ0v) is 13.4. The smallest absolute Gasteiger partial charge is 0.231 e. The summed E-state index contributed by atoms with van der Waals surface area (Å²) in [5.74, 6) is 2.00. The molecule has 21 heavy (non-hydrogen) atoms. The summed E-state index contributed by atoms with van der Waals surface area (Å²) in [5.41, 5.74) is 0. The first-order chi connectivity index (χ1) is 9.89. The number of aromatic nitrogens is 3. The molecule has 2 rings (SSSR count). The Morgan fingerprint density at radius 3 is 2.33 bits per heavy atom. The van der Waals surface area contributed by atoms with Gasteiger partial charge in [-0.1, -0.05) is 0 Å². The molecular formula is C12H22N6O2S. The molecule has 0 saturated carbocycles. The molecule has 1 saturated heterocycles. The second-order valence-electron chi connectivity index (χ2n) is 5.28. The van der Waals surface area contributed by atoms with Crippen molar-refractivity contribution in [3.63, 3.8) is 0 Å². The second kappa shape index (κ2) is 6.42. The normalized spacial score (nSPS) is 18.2. The van der Waals surface area contributed by atoms with E-state index in [2.05, 4.69) is 25.6 Å². The molecule has 0 aliphatic carbocycles. The van der Waals surface area contributed by atoms with E-state index in [9.17, 15) is 8.42 Å². The van der Waals surface area contributed by atoms with Crippen molar-refractivity contribution < 1.29 is 8.42 Å². The van der Waals surface area contributed by atoms with Gasteiger partial charge in [0, 0.05) is 26.7 Å². The lowest BCUT2D eigenvalue weighted by atomic mass is 10.2. The van der Waals surface area contributed by atoms with Crippen LogP contribution in [0.1, 0.15) is 19.8 Å². The predicted octanol–water partition coefficient (Wildman–Crippen LogP) is 0.359. The van der Waals surface area contributed by atoms with Crippen molar-refractivity contribution in [2.45, 2.75) is 25.8 Å². The van der Waals surface area contributed by atoms with Gasteiger partial charge in [-0.15, -0.1) is 0 Å². The van der Waals surface area contributed by atoms with Gasteiger partial charge < -0.3 is 15.5 Å². The van der Waals surface area contributed by atoms with E-state index >= 15 is 0 Å². The average Bonchev–Trinajstić information content (AvgIpc) is 2.41. The molecule has 0 radical (unpaired) electrons. The van der Waals surface area contributed by atoms with Gasteiger partial charge in [-0.25, -0.2) is 8.42 Å². The van der Waals surface area contributed by atoms with Crippen LogP contribution in [0, 0.1) is 0 Å². The fraction of sp³-hybridized carbons (Fsp3) is 0.750. The standard InChI is InChI=1S/C12H22N6O2S/c1-4-13-10-15-11(17-12(16-10)18(2)3)14-9-5-7-21(19,20)8-6-9/h9H,4-8H2,1-3H3,(H2,13,14,15,16,17). The quantitative estimate of drug-likeness (QED) is 0.803. The zero-order valence-electron chi connectivity index (χ0n) is 12.6. The maximum atomic E-state index is 11.4. The van der Waals surface area contributed by atoms with E-state index in [1.54, 1.807) is 4.90 Å². The summed E-state index contributed by atoms with van der Waals surface area (Å²) in [6.45, 7) is 2.69. The van der Waals surface area contributed by atoms with Gasteiger partial charge in [-0.2, -0.15) is 15.0 Å². The van der Waals surface area contributed by atoms with Crippen LogP contribution in [0.2, 0.25) is 0 Å². The fourth-order valence-electron chi connectivity index (χ4n) is 2.08. The molecule has 1 aromatic heterocycles. The molecule has 9 heteroatoms. The Hall–Kier alpha value is -1.64. The van der Waals surface area contributed by atoms with Crippen LogP contribution in [-0.4, -0.2) is 61.6 Å². The molecule has 1 aromatic rings. The average molecular weight is 314 g/mol. The van der Waals surface area contributed by atoms with E-state index in [1.807, 2.05) is 21.0 Å². The van der Waals surface area contributed by atoms with Crippen LogP contribution in [-0.2, 0) is 9.84 Å². The van der Waals surface area contributed by atoms with Crippen molar-refractivity contribution in [3.05, 3.63) is 0 Å². The summed E-state index contributed by atoms with van der Waals surface area (Å²) >= 11 is 0. The Morgan fingerprint density at radius 2 is 1.76 bits per heavy atom. The topological polar surface area (TPSA) is 100 Å². The van der Waals surface area contributed by atoms with Gasteiger partial charge in [0.05, 0.1) is 11.5 Å². The van der Waals surface area contributed by atoms with Gasteiger partial charge >= 0.3 is 0 Å². The molecule has 1 aliphatic rings. The Labute approximate surface area is 125 Å². The highest BCUT2D eigenvalue weighted by molar-refractivity contribution is 7.91. The number of nitrogens with one attached hydrogen (secondary N) is 2. The van der Waals surface area contributed by atoms with Crippen molar-refractivity contribution in [2.24, 2.45) is 0 Å². The van der Waals surface area contributed by atoms with Gasteiger partial charge in [-0.3, -0.25) is 0 Å². The molecule has 0 spiro atoms. The van der Waals surface area contributed by atoms with Crippen LogP contribution < -0.4 is 15.5 Å². The SMILES string of the molecule is CCNc1nc(NC2CCS(=O)(=O)CC2)nc(N(C)C)n1. The van der Waals surface area contributed by atoms with Crippen molar-refractivity contribution in [2.75, 3.05) is 47.7 Å². The monoisotopic (exact) mass is 314 g/mol. The van der Waals surface area contributed by atoms with Crippen molar-refractivity contribution >= 4 is 27.7 Å². The van der Waals surface area contributed by atoms with Crippen LogP contribution in [0.3, 0.4) is 0 Å². The highest BCUT2D eigenvalue weighted by Crippen LogP contribution is 2.18. The van der Waals surface area contributed by atoms with E-state index < -0.39 is 9.84 Å². The van der Waals surface area contributed by atoms with Crippen LogP contribution in [0.4, 0.5) is 17.8 Å². The first-order valence-electron chi connectivity index (χ1n) is 7.04. The summed E-state index contributed by atoms with van der Waals surface area (Å²) < 4.78 is 22.9. The molecule has 0 aromatic carbocycles. The molecule has 118 valence electrons. The van der Waals surface area contributed by atoms with E-state index in [-0.39, 0.29) is 17.5 Å². The summed E-state index contributed by atoms with van der Waals surface area (Å²) in [5, 5.41) is 6.29. The molecule has 0 bridgehead atoms. The van der Waals surface area contributed by atoms with Gasteiger partial charge in [0.15, 0.2) is 0 Å². The first kappa shape index (κ1) is 15.7. The lowest BCUT2D eigenvalue weighted by Crippen LogP contribution is -2.33. The highest BCUT2D eigenvalue weighted by atomic mass is 32.2. The van der Waals surface area contributed by atoms with E-state index in [4.69, 9.17) is 0 Å². The lowest BCUT2D eigenvalue weighted by molar-refractivity contribution is 0.558. The molecule has 8 nitrogen and oxygen atoms in total. The van der Waals surface area contributed by atoms with E-state index in [0.29, 0.717) is 30.7 Å². The second-order valence-corrected chi connectivity index (χ2v) is 7.58. The molecular weight excluding hydrogens is 292 g/mol. The van der Waals surface area contributed by atoms with Gasteiger partial charge in [0.25, 0.3) is 0 Å². The highest BCUT2D eigenvalue weighted by Gasteiger charge is 2.24. The molecule has 0 atom stereocenters. The number of nitrogens with zero attached hydrogens (tertiary/aromatic N) is 4. The van der Waals surface area contributed by atoms with Crippen molar-refractivity contribution in [1.29, 1.82) is 0 Å². The first-order valence-corrected chi connectivity index (χ1v) is 8.86. The Balaban J connectivity index is 2.11. The maximum Gasteiger partial charge on any atom is 0.231 e. The third-order valence-corrected chi connectivity index (χ3v) is 4.96. The minimum Gasteiger partial charge on any atom is -0.354 e. The number of hydrogen-bond acceptors (Lipinski definition) is 8. The van der Waals surface area contributed by atoms with Crippen molar-refractivity contribution in [3.8, 4) is 0 Å². The number of sulfone groups is 1. The van der Waals surface area contributed by atoms with Gasteiger partial charge in [-0.05, 0) is 19.8 Å². The zero-order chi connectivity index (χ0) is 15.5. The lowest BCUT2D eigenvalue weighted by Gasteiger charge is -2.23. The maximum absolute atomic E-state index is 11.4. The van der Waals surface area contributed by atoms with Crippen LogP contribution in [0.15, 0.2) is 0 Å². The van der Waals surface area contributed by atoms with Crippen LogP contribution in [0.25, 0.3) is 0 Å². The summed E-state index contributed by atoms with van der Waals surface area (Å²) in [4.78, 5) is 14.8. The van der Waals surface area contributed by atoms with Gasteiger partial charge in [0.2, 0.25) is 17.8 Å². The fourth-order valence-corrected chi connectivity index (χ4v) is 3.57. The Morgan fingerprint density at radius 1 is 1.14 bits per heavy atom. The largest absolute Gasteiger partial charge is 0.354 e. The van der Waals surface area contributed by atoms with Crippen LogP contribution >= 0.6 is 0 Å². The molecule has 0 unspecified atom stereocenters. The Kier molecular flexibility index (Phi) is 4.81. The number of anilines is 3. The summed E-state index contributed by atoms with van der Waals surface area (Å²) in [6, 6.07) is 0.0837. The predicted molar refractivity (Wildman–Crippen MR) is 83.6 cm³/mol. The minimum absolute atomic E-state index is 0.0837. The summed E-state index contributed by atoms with van der Waals surface area (Å²) in [7, 11) is 0.866. The third-order valence-electron chi connectivity index (χ3n) is 3.25. The molecule has 1 fully saturated rings. The molecule has 0 amide bonds. The molecule has 2 N–H and O–H groups in total. The van der Waals surface area contributed by atoms with Crippen molar-refractivity contribution in [1.82, 2.24) is 15.0 Å². The summed E-state index contributed by atoms with van der Waals surface area (Å²) in [6.07, 6.45) is 1.17. The molecule has 1 aliphatic heterocycles. The van der Waals surface area contributed by atoms with Gasteiger partial charge in [0.1, 0.15) is 9.84 Å².